The van der Waals surface area contributed by atoms with Crippen molar-refractivity contribution in [3.05, 3.63) is 18.2 Å². The van der Waals surface area contributed by atoms with Gasteiger partial charge in [0, 0.05) is 30.6 Å². The van der Waals surface area contributed by atoms with Crippen molar-refractivity contribution in [2.24, 2.45) is 5.73 Å². The minimum absolute atomic E-state index is 0.0188. The second-order valence-electron chi connectivity index (χ2n) is 6.38. The smallest absolute Gasteiger partial charge is 0.326 e. The Morgan fingerprint density at radius 3 is 2.68 bits per heavy atom. The highest BCUT2D eigenvalue weighted by atomic mass is 32.1. The molecule has 0 aliphatic carbocycles. The van der Waals surface area contributed by atoms with Crippen LogP contribution >= 0.6 is 12.6 Å². The number of nitrogens with two attached hydrogens (primary N) is 1. The molecule has 28 heavy (non-hydrogen) atoms. The summed E-state index contributed by atoms with van der Waals surface area (Å²) in [4.78, 5) is 56.4. The zero-order valence-electron chi connectivity index (χ0n) is 15.1. The Morgan fingerprint density at radius 2 is 2.11 bits per heavy atom. The topological polar surface area (TPSA) is 171 Å². The van der Waals surface area contributed by atoms with E-state index in [9.17, 15) is 24.3 Å². The highest BCUT2D eigenvalue weighted by Crippen LogP contribution is 2.19. The molecule has 12 heteroatoms. The maximum absolute atomic E-state index is 12.7. The highest BCUT2D eigenvalue weighted by molar-refractivity contribution is 7.80. The number of hydrogen-bond acceptors (Lipinski definition) is 7. The summed E-state index contributed by atoms with van der Waals surface area (Å²) in [6, 6.07) is -2.92. The van der Waals surface area contributed by atoms with Gasteiger partial charge in [-0.2, -0.15) is 12.6 Å². The Kier molecular flexibility index (Phi) is 7.81. The van der Waals surface area contributed by atoms with Crippen LogP contribution in [-0.2, 0) is 25.6 Å². The lowest BCUT2D eigenvalue weighted by molar-refractivity contribution is -0.149. The molecule has 0 spiro atoms. The van der Waals surface area contributed by atoms with Gasteiger partial charge in [0.2, 0.25) is 17.7 Å². The zero-order chi connectivity index (χ0) is 20.7. The number of nitrogens with zero attached hydrogens (tertiary/aromatic N) is 2. The minimum Gasteiger partial charge on any atom is -0.480 e. The van der Waals surface area contributed by atoms with Crippen LogP contribution in [0.3, 0.4) is 0 Å². The van der Waals surface area contributed by atoms with E-state index in [1.807, 2.05) is 0 Å². The van der Waals surface area contributed by atoms with Crippen molar-refractivity contribution in [3.63, 3.8) is 0 Å². The molecule has 0 bridgehead atoms. The maximum Gasteiger partial charge on any atom is 0.326 e. The Balaban J connectivity index is 2.08. The number of carboxylic acids is 1. The number of nitrogens with one attached hydrogen (secondary N) is 3. The first kappa shape index (κ1) is 21.7. The van der Waals surface area contributed by atoms with Crippen molar-refractivity contribution in [1.29, 1.82) is 0 Å². The predicted molar refractivity (Wildman–Crippen MR) is 101 cm³/mol. The quantitative estimate of drug-likeness (QED) is 0.252. The van der Waals surface area contributed by atoms with E-state index >= 15 is 0 Å². The van der Waals surface area contributed by atoms with Gasteiger partial charge in [-0.05, 0) is 12.8 Å². The molecule has 1 aliphatic rings. The molecule has 3 amide bonds. The highest BCUT2D eigenvalue weighted by Gasteiger charge is 2.37. The van der Waals surface area contributed by atoms with Crippen LogP contribution in [0.15, 0.2) is 12.5 Å². The fraction of sp³-hybridized carbons (Fsp3) is 0.562. The lowest BCUT2D eigenvalue weighted by Crippen LogP contribution is -2.57. The van der Waals surface area contributed by atoms with Crippen molar-refractivity contribution in [3.8, 4) is 0 Å². The number of aliphatic carboxylic acids is 1. The van der Waals surface area contributed by atoms with Crippen LogP contribution in [0.5, 0.6) is 0 Å². The van der Waals surface area contributed by atoms with E-state index in [1.54, 1.807) is 0 Å². The van der Waals surface area contributed by atoms with Gasteiger partial charge < -0.3 is 31.4 Å². The van der Waals surface area contributed by atoms with Crippen LogP contribution in [-0.4, -0.2) is 80.6 Å². The second kappa shape index (κ2) is 10.1. The molecule has 2 heterocycles. The molecule has 11 nitrogen and oxygen atoms in total. The Labute approximate surface area is 166 Å². The van der Waals surface area contributed by atoms with Crippen molar-refractivity contribution >= 4 is 36.3 Å². The molecule has 0 saturated carbocycles. The summed E-state index contributed by atoms with van der Waals surface area (Å²) < 4.78 is 0. The SMILES string of the molecule is NCC(=O)NC(Cc1cnc[nH]1)C(=O)NC(CS)C(=O)N1CCCC1C(=O)O. The average Bonchev–Trinajstić information content (AvgIpc) is 3.36. The summed E-state index contributed by atoms with van der Waals surface area (Å²) in [6.07, 6.45) is 4.01. The maximum atomic E-state index is 12.7. The molecule has 1 aromatic heterocycles. The number of hydrogen-bond donors (Lipinski definition) is 6. The van der Waals surface area contributed by atoms with Crippen molar-refractivity contribution < 1.29 is 24.3 Å². The zero-order valence-corrected chi connectivity index (χ0v) is 16.0. The monoisotopic (exact) mass is 412 g/mol. The van der Waals surface area contributed by atoms with Crippen LogP contribution < -0.4 is 16.4 Å². The molecule has 1 saturated heterocycles. The van der Waals surface area contributed by atoms with Gasteiger partial charge in [-0.25, -0.2) is 9.78 Å². The summed E-state index contributed by atoms with van der Waals surface area (Å²) in [7, 11) is 0. The molecule has 3 unspecified atom stereocenters. The molecule has 3 atom stereocenters. The van der Waals surface area contributed by atoms with Crippen molar-refractivity contribution in [2.75, 3.05) is 18.8 Å². The third-order valence-electron chi connectivity index (χ3n) is 4.43. The Morgan fingerprint density at radius 1 is 1.36 bits per heavy atom. The number of thiol groups is 1. The molecular weight excluding hydrogens is 388 g/mol. The van der Waals surface area contributed by atoms with Crippen LogP contribution in [0.1, 0.15) is 18.5 Å². The molecule has 154 valence electrons. The normalized spacial score (nSPS) is 18.4. The van der Waals surface area contributed by atoms with Crippen LogP contribution in [0.2, 0.25) is 0 Å². The van der Waals surface area contributed by atoms with Gasteiger partial charge >= 0.3 is 5.97 Å². The van der Waals surface area contributed by atoms with Crippen LogP contribution in [0, 0.1) is 0 Å². The van der Waals surface area contributed by atoms with Crippen molar-refractivity contribution in [2.45, 2.75) is 37.4 Å². The van der Waals surface area contributed by atoms with Gasteiger partial charge in [-0.1, -0.05) is 0 Å². The number of rotatable bonds is 9. The predicted octanol–water partition coefficient (Wildman–Crippen LogP) is -2.11. The first-order valence-electron chi connectivity index (χ1n) is 8.78. The van der Waals surface area contributed by atoms with E-state index in [0.717, 1.165) is 0 Å². The average molecular weight is 412 g/mol. The largest absolute Gasteiger partial charge is 0.480 e. The summed E-state index contributed by atoms with van der Waals surface area (Å²) >= 11 is 4.12. The van der Waals surface area contributed by atoms with Crippen molar-refractivity contribution in [1.82, 2.24) is 25.5 Å². The summed E-state index contributed by atoms with van der Waals surface area (Å²) in [5.41, 5.74) is 5.91. The number of H-pyrrole nitrogens is 1. The van der Waals surface area contributed by atoms with Gasteiger partial charge in [-0.3, -0.25) is 14.4 Å². The van der Waals surface area contributed by atoms with Gasteiger partial charge in [0.05, 0.1) is 12.9 Å². The van der Waals surface area contributed by atoms with E-state index < -0.39 is 41.8 Å². The molecular formula is C16H24N6O5S. The Hall–Kier alpha value is -2.60. The van der Waals surface area contributed by atoms with Gasteiger partial charge in [0.1, 0.15) is 18.1 Å². The van der Waals surface area contributed by atoms with E-state index in [0.29, 0.717) is 25.1 Å². The first-order chi connectivity index (χ1) is 13.4. The lowest BCUT2D eigenvalue weighted by Gasteiger charge is -2.27. The van der Waals surface area contributed by atoms with Gasteiger partial charge in [-0.15, -0.1) is 0 Å². The van der Waals surface area contributed by atoms with E-state index in [2.05, 4.69) is 33.2 Å². The van der Waals surface area contributed by atoms with Gasteiger partial charge in [0.15, 0.2) is 0 Å². The lowest BCUT2D eigenvalue weighted by atomic mass is 10.1. The third kappa shape index (κ3) is 5.45. The molecule has 1 aliphatic heterocycles. The number of carboxylic acid groups (broad SMARTS) is 1. The van der Waals surface area contributed by atoms with E-state index in [-0.39, 0.29) is 18.7 Å². The number of imidazole rings is 1. The molecule has 0 aromatic carbocycles. The first-order valence-corrected chi connectivity index (χ1v) is 9.41. The van der Waals surface area contributed by atoms with Crippen LogP contribution in [0.25, 0.3) is 0 Å². The molecule has 1 fully saturated rings. The molecule has 1 aromatic rings. The minimum atomic E-state index is -1.08. The fourth-order valence-electron chi connectivity index (χ4n) is 3.02. The molecule has 0 radical (unpaired) electrons. The fourth-order valence-corrected chi connectivity index (χ4v) is 3.27. The summed E-state index contributed by atoms with van der Waals surface area (Å²) in [5.74, 6) is -2.75. The number of aromatic nitrogens is 2. The molecule has 6 N–H and O–H groups in total. The van der Waals surface area contributed by atoms with Crippen LogP contribution in [0.4, 0.5) is 0 Å². The third-order valence-corrected chi connectivity index (χ3v) is 4.80. The number of aromatic amines is 1. The second-order valence-corrected chi connectivity index (χ2v) is 6.74. The van der Waals surface area contributed by atoms with E-state index in [1.165, 1.54) is 17.4 Å². The number of carbonyl (C=O) groups excluding carboxylic acids is 3. The standard InChI is InChI=1S/C16H24N6O5S/c17-5-13(23)20-10(4-9-6-18-8-19-9)14(24)21-11(7-28)15(25)22-3-1-2-12(22)16(26)27/h6,8,10-12,28H,1-5,7,17H2,(H,18,19)(H,20,23)(H,21,24)(H,26,27). The number of amides is 3. The number of likely N-dealkylation sites (tertiary alicyclic amines) is 1. The van der Waals surface area contributed by atoms with Gasteiger partial charge in [0.25, 0.3) is 0 Å². The van der Waals surface area contributed by atoms with E-state index in [4.69, 9.17) is 5.73 Å². The Bertz CT molecular complexity index is 712. The molecule has 2 rings (SSSR count). The summed E-state index contributed by atoms with van der Waals surface area (Å²) in [6.45, 7) is 0.00713. The number of carbonyl (C=O) groups is 4. The summed E-state index contributed by atoms with van der Waals surface area (Å²) in [5, 5.41) is 14.3.